The summed E-state index contributed by atoms with van der Waals surface area (Å²) in [7, 11) is 1.43. The van der Waals surface area contributed by atoms with Gasteiger partial charge in [-0.2, -0.15) is 0 Å². The lowest BCUT2D eigenvalue weighted by atomic mass is 9.98. The van der Waals surface area contributed by atoms with Gasteiger partial charge in [0.15, 0.2) is 10.9 Å². The molecule has 0 aliphatic rings. The molecule has 3 aromatic rings. The summed E-state index contributed by atoms with van der Waals surface area (Å²) in [5.41, 5.74) is -0.0669. The summed E-state index contributed by atoms with van der Waals surface area (Å²) in [5.74, 6) is -0.175. The van der Waals surface area contributed by atoms with Crippen molar-refractivity contribution in [2.45, 2.75) is 6.92 Å². The molecule has 1 heterocycles. The Morgan fingerprint density at radius 1 is 1.11 bits per heavy atom. The number of aromatic hydroxyl groups is 1. The molecule has 1 N–H and O–H groups in total. The zero-order valence-corrected chi connectivity index (χ0v) is 10.3. The maximum Gasteiger partial charge on any atom is 0.293 e. The molecule has 3 rings (SSSR count). The zero-order valence-electron chi connectivity index (χ0n) is 10.3. The van der Waals surface area contributed by atoms with Crippen molar-refractivity contribution in [2.24, 2.45) is 0 Å². The summed E-state index contributed by atoms with van der Waals surface area (Å²) >= 11 is 0. The van der Waals surface area contributed by atoms with Crippen molar-refractivity contribution in [1.29, 1.82) is 0 Å². The summed E-state index contributed by atoms with van der Waals surface area (Å²) < 4.78 is 10.1. The minimum absolute atomic E-state index is 0.00843. The molecule has 1 aromatic heterocycles. The second-order valence-corrected chi connectivity index (χ2v) is 4.35. The fourth-order valence-corrected chi connectivity index (χ4v) is 2.44. The Morgan fingerprint density at radius 3 is 2.47 bits per heavy atom. The molecule has 0 bridgehead atoms. The molecule has 19 heavy (non-hydrogen) atoms. The number of methoxy groups -OCH3 is 1. The molecular weight excluding hydrogens is 248 g/mol. The fourth-order valence-electron chi connectivity index (χ4n) is 2.44. The molecule has 5 nitrogen and oxygen atoms in total. The molecule has 0 saturated heterocycles. The number of aryl methyl sites for hydroxylation is 1. The van der Waals surface area contributed by atoms with Crippen molar-refractivity contribution in [3.8, 4) is 11.7 Å². The van der Waals surface area contributed by atoms with E-state index in [-0.39, 0.29) is 16.2 Å². The molecule has 0 spiro atoms. The van der Waals surface area contributed by atoms with Gasteiger partial charge in [0, 0.05) is 16.8 Å². The topological polar surface area (TPSA) is 76.7 Å². The minimum Gasteiger partial charge on any atom is -0.496 e. The van der Waals surface area contributed by atoms with Crippen LogP contribution in [0.1, 0.15) is 5.56 Å². The molecule has 96 valence electrons. The van der Waals surface area contributed by atoms with Gasteiger partial charge >= 0.3 is 0 Å². The quantitative estimate of drug-likeness (QED) is 0.719. The van der Waals surface area contributed by atoms with Crippen LogP contribution in [0.5, 0.6) is 11.7 Å². The first-order valence-corrected chi connectivity index (χ1v) is 5.63. The average molecular weight is 258 g/mol. The van der Waals surface area contributed by atoms with Crippen LogP contribution >= 0.6 is 0 Å². The number of hydrogen-bond acceptors (Lipinski definition) is 5. The van der Waals surface area contributed by atoms with E-state index in [1.165, 1.54) is 25.5 Å². The molecule has 0 radical (unpaired) electrons. The number of hydrogen-bond donors (Lipinski definition) is 1. The first kappa shape index (κ1) is 11.5. The highest BCUT2D eigenvalue weighted by molar-refractivity contribution is 6.13. The molecule has 5 heteroatoms. The Labute approximate surface area is 107 Å². The Morgan fingerprint density at radius 2 is 1.79 bits per heavy atom. The number of benzene rings is 2. The van der Waals surface area contributed by atoms with Gasteiger partial charge in [0.05, 0.1) is 12.5 Å². The van der Waals surface area contributed by atoms with Crippen molar-refractivity contribution < 1.29 is 14.3 Å². The first-order valence-electron chi connectivity index (χ1n) is 5.63. The molecule has 0 unspecified atom stereocenters. The van der Waals surface area contributed by atoms with Crippen LogP contribution in [0, 0.1) is 6.92 Å². The zero-order chi connectivity index (χ0) is 13.7. The van der Waals surface area contributed by atoms with Crippen LogP contribution in [0.25, 0.3) is 21.5 Å². The van der Waals surface area contributed by atoms with Crippen LogP contribution in [-0.2, 0) is 0 Å². The van der Waals surface area contributed by atoms with Gasteiger partial charge in [-0.3, -0.25) is 9.59 Å². The van der Waals surface area contributed by atoms with Crippen molar-refractivity contribution in [1.82, 2.24) is 0 Å². The van der Waals surface area contributed by atoms with Crippen LogP contribution < -0.4 is 15.6 Å². The van der Waals surface area contributed by atoms with E-state index in [9.17, 15) is 14.7 Å². The second-order valence-electron chi connectivity index (χ2n) is 4.35. The summed E-state index contributed by atoms with van der Waals surface area (Å²) in [5, 5.41) is 11.0. The normalized spacial score (nSPS) is 11.3. The number of ether oxygens (including phenoxy) is 1. The molecule has 0 amide bonds. The molecule has 0 fully saturated rings. The molecule has 0 saturated carbocycles. The summed E-state index contributed by atoms with van der Waals surface area (Å²) in [4.78, 5) is 24.1. The van der Waals surface area contributed by atoms with Crippen LogP contribution in [-0.4, -0.2) is 12.2 Å². The lowest BCUT2D eigenvalue weighted by Gasteiger charge is -2.10. The maximum atomic E-state index is 12.1. The fraction of sp³-hybridized carbons (Fsp3) is 0.143. The highest BCUT2D eigenvalue weighted by Crippen LogP contribution is 2.34. The first-order chi connectivity index (χ1) is 9.04. The monoisotopic (exact) mass is 258 g/mol. The van der Waals surface area contributed by atoms with Gasteiger partial charge in [-0.15, -0.1) is 0 Å². The van der Waals surface area contributed by atoms with Gasteiger partial charge in [0.25, 0.3) is 5.95 Å². The van der Waals surface area contributed by atoms with Crippen molar-refractivity contribution in [3.63, 3.8) is 0 Å². The van der Waals surface area contributed by atoms with E-state index < -0.39 is 5.95 Å². The second kappa shape index (κ2) is 3.71. The Kier molecular flexibility index (Phi) is 2.25. The smallest absolute Gasteiger partial charge is 0.293 e. The van der Waals surface area contributed by atoms with E-state index in [1.807, 2.05) is 0 Å². The summed E-state index contributed by atoms with van der Waals surface area (Å²) in [6.45, 7) is 1.69. The van der Waals surface area contributed by atoms with E-state index in [2.05, 4.69) is 0 Å². The van der Waals surface area contributed by atoms with E-state index in [1.54, 1.807) is 6.92 Å². The van der Waals surface area contributed by atoms with Gasteiger partial charge < -0.3 is 14.3 Å². The molecule has 0 aliphatic heterocycles. The lowest BCUT2D eigenvalue weighted by Crippen LogP contribution is -2.10. The van der Waals surface area contributed by atoms with Gasteiger partial charge in [-0.05, 0) is 18.6 Å². The van der Waals surface area contributed by atoms with E-state index in [0.29, 0.717) is 27.5 Å². The van der Waals surface area contributed by atoms with E-state index >= 15 is 0 Å². The summed E-state index contributed by atoms with van der Waals surface area (Å²) in [6.07, 6.45) is 1.28. The third kappa shape index (κ3) is 1.41. The molecular formula is C14H10O5. The summed E-state index contributed by atoms with van der Waals surface area (Å²) in [6, 6.07) is 2.67. The molecule has 2 aromatic carbocycles. The van der Waals surface area contributed by atoms with Crippen LogP contribution in [0.4, 0.5) is 0 Å². The van der Waals surface area contributed by atoms with Gasteiger partial charge in [0.2, 0.25) is 0 Å². The third-order valence-electron chi connectivity index (χ3n) is 3.25. The Bertz CT molecular complexity index is 902. The van der Waals surface area contributed by atoms with Gasteiger partial charge in [0.1, 0.15) is 17.4 Å². The highest BCUT2D eigenvalue weighted by Gasteiger charge is 2.18. The Balaban J connectivity index is 2.81. The predicted octanol–water partition coefficient (Wildman–Crippen LogP) is 1.77. The van der Waals surface area contributed by atoms with Crippen LogP contribution in [0.15, 0.2) is 32.4 Å². The number of rotatable bonds is 1. The predicted molar refractivity (Wildman–Crippen MR) is 70.4 cm³/mol. The highest BCUT2D eigenvalue weighted by atomic mass is 16.5. The minimum atomic E-state index is -0.491. The van der Waals surface area contributed by atoms with E-state index in [0.717, 1.165) is 0 Å². The van der Waals surface area contributed by atoms with Gasteiger partial charge in [-0.1, -0.05) is 0 Å². The largest absolute Gasteiger partial charge is 0.496 e. The standard InChI is InChI=1S/C14H10O5/c1-6-3-8(15)13-12-7(5-19-14(13)17)10(18-2)4-9(16)11(6)12/h3-5,17H,1-2H3. The third-order valence-corrected chi connectivity index (χ3v) is 3.25. The van der Waals surface area contributed by atoms with Crippen molar-refractivity contribution in [2.75, 3.05) is 7.11 Å². The average Bonchev–Trinajstić information content (AvgIpc) is 2.36. The lowest BCUT2D eigenvalue weighted by molar-refractivity contribution is 0.331. The Hall–Kier alpha value is -2.56. The van der Waals surface area contributed by atoms with Crippen LogP contribution in [0.3, 0.4) is 0 Å². The van der Waals surface area contributed by atoms with Gasteiger partial charge in [-0.25, -0.2) is 0 Å². The maximum absolute atomic E-state index is 12.1. The van der Waals surface area contributed by atoms with E-state index in [4.69, 9.17) is 9.15 Å². The molecule has 0 atom stereocenters. The van der Waals surface area contributed by atoms with Crippen molar-refractivity contribution in [3.05, 3.63) is 44.4 Å². The molecule has 0 aliphatic carbocycles. The van der Waals surface area contributed by atoms with Crippen molar-refractivity contribution >= 4 is 21.5 Å². The SMILES string of the molecule is COc1cc(=O)c2c(C)cc(=O)c3c(O)occ1c23. The van der Waals surface area contributed by atoms with Crippen LogP contribution in [0.2, 0.25) is 0 Å².